The van der Waals surface area contributed by atoms with Crippen LogP contribution in [0.3, 0.4) is 0 Å². The van der Waals surface area contributed by atoms with Gasteiger partial charge in [0.25, 0.3) is 0 Å². The molecular weight excluding hydrogens is 311 g/mol. The van der Waals surface area contributed by atoms with Gasteiger partial charge >= 0.3 is 0 Å². The summed E-state index contributed by atoms with van der Waals surface area (Å²) in [5.74, 6) is 1.26. The third kappa shape index (κ3) is 5.25. The van der Waals surface area contributed by atoms with E-state index in [1.54, 1.807) is 6.08 Å². The molecule has 2 saturated heterocycles. The Kier molecular flexibility index (Phi) is 7.07. The van der Waals surface area contributed by atoms with Crippen LogP contribution in [0.15, 0.2) is 11.9 Å². The highest BCUT2D eigenvalue weighted by Crippen LogP contribution is 2.31. The highest BCUT2D eigenvalue weighted by molar-refractivity contribution is 4.98. The molecule has 0 saturated carbocycles. The third-order valence-electron chi connectivity index (χ3n) is 5.32. The Balaban J connectivity index is 1.30. The van der Waals surface area contributed by atoms with Crippen LogP contribution in [0.5, 0.6) is 0 Å². The summed E-state index contributed by atoms with van der Waals surface area (Å²) < 4.78 is 36.5. The van der Waals surface area contributed by atoms with Gasteiger partial charge in [0, 0.05) is 17.8 Å². The molecular formula is C19H31FO4. The topological polar surface area (TPSA) is 36.9 Å². The summed E-state index contributed by atoms with van der Waals surface area (Å²) in [4.78, 5) is 0. The van der Waals surface area contributed by atoms with Gasteiger partial charge in [-0.25, -0.2) is 4.39 Å². The summed E-state index contributed by atoms with van der Waals surface area (Å²) in [6.45, 7) is 5.29. The van der Waals surface area contributed by atoms with E-state index in [4.69, 9.17) is 18.9 Å². The van der Waals surface area contributed by atoms with Crippen molar-refractivity contribution in [2.75, 3.05) is 26.4 Å². The molecule has 4 nitrogen and oxygen atoms in total. The van der Waals surface area contributed by atoms with Crippen LogP contribution in [-0.4, -0.2) is 39.0 Å². The van der Waals surface area contributed by atoms with E-state index in [9.17, 15) is 4.39 Å². The van der Waals surface area contributed by atoms with Gasteiger partial charge in [-0.15, -0.1) is 0 Å². The summed E-state index contributed by atoms with van der Waals surface area (Å²) in [5, 5.41) is 0. The van der Waals surface area contributed by atoms with E-state index in [0.717, 1.165) is 52.1 Å². The van der Waals surface area contributed by atoms with Crippen molar-refractivity contribution in [1.29, 1.82) is 0 Å². The lowest BCUT2D eigenvalue weighted by Gasteiger charge is -2.35. The lowest BCUT2D eigenvalue weighted by molar-refractivity contribution is -0.233. The van der Waals surface area contributed by atoms with E-state index in [2.05, 4.69) is 6.92 Å². The molecule has 2 fully saturated rings. The molecule has 0 aromatic rings. The van der Waals surface area contributed by atoms with Crippen LogP contribution in [-0.2, 0) is 18.9 Å². The van der Waals surface area contributed by atoms with Crippen molar-refractivity contribution in [3.63, 3.8) is 0 Å². The van der Waals surface area contributed by atoms with E-state index in [1.165, 1.54) is 12.8 Å². The molecule has 0 bridgehead atoms. The fourth-order valence-electron chi connectivity index (χ4n) is 3.76. The minimum absolute atomic E-state index is 0.00796. The van der Waals surface area contributed by atoms with Gasteiger partial charge in [0.1, 0.15) is 0 Å². The molecule has 0 radical (unpaired) electrons. The average Bonchev–Trinajstić information content (AvgIpc) is 2.63. The molecule has 0 aromatic heterocycles. The van der Waals surface area contributed by atoms with E-state index in [1.807, 2.05) is 0 Å². The van der Waals surface area contributed by atoms with Crippen LogP contribution in [0.25, 0.3) is 0 Å². The lowest BCUT2D eigenvalue weighted by atomic mass is 9.92. The number of hydrogen-bond acceptors (Lipinski definition) is 4. The van der Waals surface area contributed by atoms with Gasteiger partial charge < -0.3 is 18.9 Å². The zero-order chi connectivity index (χ0) is 16.8. The standard InChI is InChI=1S/C19H31FO4/c1-2-3-14-10-21-18(22-11-14)9-4-15-12-23-19(24-13-15)16-5-7-17(20)8-6-16/h7,14-16,18-19H,2-6,8-13H2,1H3. The van der Waals surface area contributed by atoms with Gasteiger partial charge in [-0.3, -0.25) is 0 Å². The first-order chi connectivity index (χ1) is 11.7. The second kappa shape index (κ2) is 9.27. The van der Waals surface area contributed by atoms with Crippen molar-refractivity contribution in [2.24, 2.45) is 17.8 Å². The number of halogens is 1. The maximum atomic E-state index is 13.1. The van der Waals surface area contributed by atoms with Gasteiger partial charge in [0.15, 0.2) is 12.6 Å². The largest absolute Gasteiger partial charge is 0.352 e. The normalized spacial score (nSPS) is 37.9. The first-order valence-corrected chi connectivity index (χ1v) is 9.55. The first kappa shape index (κ1) is 18.3. The van der Waals surface area contributed by atoms with Gasteiger partial charge in [0.05, 0.1) is 32.3 Å². The van der Waals surface area contributed by atoms with E-state index < -0.39 is 0 Å². The quantitative estimate of drug-likeness (QED) is 0.725. The second-order valence-corrected chi connectivity index (χ2v) is 7.41. The van der Waals surface area contributed by atoms with Crippen LogP contribution >= 0.6 is 0 Å². The monoisotopic (exact) mass is 342 g/mol. The molecule has 2 heterocycles. The Morgan fingerprint density at radius 1 is 0.958 bits per heavy atom. The van der Waals surface area contributed by atoms with Crippen molar-refractivity contribution in [2.45, 2.75) is 64.4 Å². The molecule has 2 aliphatic heterocycles. The van der Waals surface area contributed by atoms with Crippen LogP contribution in [0.4, 0.5) is 4.39 Å². The maximum absolute atomic E-state index is 13.1. The van der Waals surface area contributed by atoms with Crippen LogP contribution in [0.2, 0.25) is 0 Å². The van der Waals surface area contributed by atoms with Crippen molar-refractivity contribution in [3.8, 4) is 0 Å². The fraction of sp³-hybridized carbons (Fsp3) is 0.895. The van der Waals surface area contributed by atoms with Gasteiger partial charge in [-0.2, -0.15) is 0 Å². The molecule has 1 aliphatic carbocycles. The predicted molar refractivity (Wildman–Crippen MR) is 89.0 cm³/mol. The highest BCUT2D eigenvalue weighted by Gasteiger charge is 2.31. The predicted octanol–water partition coefficient (Wildman–Crippen LogP) is 4.20. The zero-order valence-corrected chi connectivity index (χ0v) is 14.8. The third-order valence-corrected chi connectivity index (χ3v) is 5.32. The lowest BCUT2D eigenvalue weighted by Crippen LogP contribution is -2.38. The number of allylic oxidation sites excluding steroid dienone is 2. The average molecular weight is 342 g/mol. The second-order valence-electron chi connectivity index (χ2n) is 7.41. The SMILES string of the molecule is CCCC1COC(CCC2COC(C3CC=C(F)CC3)OC2)OC1. The fourth-order valence-corrected chi connectivity index (χ4v) is 3.76. The van der Waals surface area contributed by atoms with Crippen molar-refractivity contribution in [3.05, 3.63) is 11.9 Å². The van der Waals surface area contributed by atoms with Crippen LogP contribution in [0, 0.1) is 17.8 Å². The number of hydrogen-bond donors (Lipinski definition) is 0. The van der Waals surface area contributed by atoms with Crippen LogP contribution in [0.1, 0.15) is 51.9 Å². The maximum Gasteiger partial charge on any atom is 0.160 e. The van der Waals surface area contributed by atoms with Gasteiger partial charge in [-0.05, 0) is 38.5 Å². The minimum Gasteiger partial charge on any atom is -0.352 e. The summed E-state index contributed by atoms with van der Waals surface area (Å²) in [6.07, 6.45) is 7.77. The molecule has 0 spiro atoms. The Morgan fingerprint density at radius 3 is 2.25 bits per heavy atom. The number of ether oxygens (including phenoxy) is 4. The van der Waals surface area contributed by atoms with Crippen molar-refractivity contribution in [1.82, 2.24) is 0 Å². The first-order valence-electron chi connectivity index (χ1n) is 9.55. The smallest absolute Gasteiger partial charge is 0.160 e. The van der Waals surface area contributed by atoms with E-state index >= 15 is 0 Å². The summed E-state index contributed by atoms with van der Waals surface area (Å²) in [5.41, 5.74) is 0. The van der Waals surface area contributed by atoms with Crippen molar-refractivity contribution < 1.29 is 23.3 Å². The summed E-state index contributed by atoms with van der Waals surface area (Å²) in [6, 6.07) is 0. The molecule has 1 unspecified atom stereocenters. The minimum atomic E-state index is -0.164. The number of rotatable bonds is 6. The Morgan fingerprint density at radius 2 is 1.62 bits per heavy atom. The molecule has 5 heteroatoms. The van der Waals surface area contributed by atoms with Gasteiger partial charge in [-0.1, -0.05) is 19.4 Å². The Labute approximate surface area is 144 Å². The molecule has 1 atom stereocenters. The Bertz CT molecular complexity index is 398. The highest BCUT2D eigenvalue weighted by atomic mass is 19.1. The van der Waals surface area contributed by atoms with Crippen LogP contribution < -0.4 is 0 Å². The molecule has 0 aromatic carbocycles. The molecule has 0 amide bonds. The molecule has 138 valence electrons. The van der Waals surface area contributed by atoms with Gasteiger partial charge in [0.2, 0.25) is 0 Å². The summed E-state index contributed by atoms with van der Waals surface area (Å²) >= 11 is 0. The molecule has 0 N–H and O–H groups in total. The molecule has 24 heavy (non-hydrogen) atoms. The molecule has 3 rings (SSSR count). The molecule has 3 aliphatic rings. The van der Waals surface area contributed by atoms with E-state index in [0.29, 0.717) is 24.2 Å². The van der Waals surface area contributed by atoms with Crippen molar-refractivity contribution >= 4 is 0 Å². The Hall–Kier alpha value is -0.490. The zero-order valence-electron chi connectivity index (χ0n) is 14.8. The van der Waals surface area contributed by atoms with E-state index in [-0.39, 0.29) is 18.4 Å². The summed E-state index contributed by atoms with van der Waals surface area (Å²) in [7, 11) is 0.